The molecule has 0 amide bonds. The monoisotopic (exact) mass is 268 g/mol. The maximum absolute atomic E-state index is 13.1. The van der Waals surface area contributed by atoms with Gasteiger partial charge in [-0.2, -0.15) is 8.78 Å². The second kappa shape index (κ2) is 6.22. The number of hydrogen-bond acceptors (Lipinski definition) is 1. The van der Waals surface area contributed by atoms with Gasteiger partial charge in [-0.15, -0.1) is 0 Å². The number of hydrogen-bond donors (Lipinski definition) is 0. The van der Waals surface area contributed by atoms with Crippen LogP contribution in [0.15, 0.2) is 25.4 Å². The van der Waals surface area contributed by atoms with Gasteiger partial charge in [0.05, 0.1) is 11.9 Å². The van der Waals surface area contributed by atoms with Crippen LogP contribution in [0.2, 0.25) is 0 Å². The summed E-state index contributed by atoms with van der Waals surface area (Å²) < 4.78 is 39.7. The van der Waals surface area contributed by atoms with E-state index in [0.29, 0.717) is 15.5 Å². The van der Waals surface area contributed by atoms with Gasteiger partial charge in [-0.05, 0) is 12.1 Å². The average molecular weight is 268 g/mol. The Bertz CT molecular complexity index is 600. The highest BCUT2D eigenvalue weighted by Crippen LogP contribution is 2.31. The lowest BCUT2D eigenvalue weighted by Gasteiger charge is -2.05. The first kappa shape index (κ1) is 15.0. The van der Waals surface area contributed by atoms with E-state index in [-0.39, 0.29) is 11.3 Å². The summed E-state index contributed by atoms with van der Waals surface area (Å²) in [6.45, 7) is 8.25. The molecule has 0 radical (unpaired) electrons. The van der Waals surface area contributed by atoms with Gasteiger partial charge in [-0.1, -0.05) is 33.1 Å². The highest BCUT2D eigenvalue weighted by molar-refractivity contribution is 5.91. The molecule has 0 aliphatic rings. The van der Waals surface area contributed by atoms with Crippen LogP contribution >= 0.6 is 0 Å². The van der Waals surface area contributed by atoms with Crippen molar-refractivity contribution in [2.45, 2.75) is 20.4 Å². The second-order valence-corrected chi connectivity index (χ2v) is 3.38. The molecule has 0 aliphatic carbocycles. The molecule has 0 unspecified atom stereocenters. The molecular weight excluding hydrogens is 253 g/mol. The molecule has 5 heteroatoms. The maximum Gasteiger partial charge on any atom is 0.320 e. The van der Waals surface area contributed by atoms with Crippen LogP contribution in [-0.2, 0) is 0 Å². The Balaban J connectivity index is 0.000000861. The third-order valence-electron chi connectivity index (χ3n) is 2.48. The Morgan fingerprint density at radius 2 is 1.89 bits per heavy atom. The summed E-state index contributed by atoms with van der Waals surface area (Å²) in [6, 6.07) is 1.16. The van der Waals surface area contributed by atoms with Gasteiger partial charge >= 0.3 is 6.55 Å². The van der Waals surface area contributed by atoms with Crippen molar-refractivity contribution in [2.75, 3.05) is 0 Å². The summed E-state index contributed by atoms with van der Waals surface area (Å²) in [5, 5.41) is 0.301. The molecule has 102 valence electrons. The van der Waals surface area contributed by atoms with E-state index in [0.717, 1.165) is 12.3 Å². The van der Waals surface area contributed by atoms with Crippen molar-refractivity contribution in [3.8, 4) is 0 Å². The summed E-state index contributed by atoms with van der Waals surface area (Å²) in [4.78, 5) is 3.69. The Hall–Kier alpha value is -2.04. The van der Waals surface area contributed by atoms with Crippen LogP contribution in [0, 0.1) is 5.82 Å². The van der Waals surface area contributed by atoms with Crippen LogP contribution in [0.3, 0.4) is 0 Å². The molecule has 0 bridgehead atoms. The van der Waals surface area contributed by atoms with Crippen molar-refractivity contribution < 1.29 is 13.2 Å². The fourth-order valence-electron chi connectivity index (χ4n) is 1.82. The van der Waals surface area contributed by atoms with Gasteiger partial charge in [-0.3, -0.25) is 4.57 Å². The molecule has 0 saturated heterocycles. The van der Waals surface area contributed by atoms with E-state index >= 15 is 0 Å². The van der Waals surface area contributed by atoms with Crippen LogP contribution in [0.25, 0.3) is 23.2 Å². The summed E-state index contributed by atoms with van der Waals surface area (Å²) in [5.74, 6) is -0.581. The number of alkyl halides is 2. The number of rotatable bonds is 3. The van der Waals surface area contributed by atoms with E-state index in [1.165, 1.54) is 12.2 Å². The van der Waals surface area contributed by atoms with Crippen molar-refractivity contribution in [1.29, 1.82) is 0 Å². The third kappa shape index (κ3) is 2.54. The Morgan fingerprint density at radius 1 is 1.26 bits per heavy atom. The zero-order valence-electron chi connectivity index (χ0n) is 10.8. The molecule has 2 aromatic rings. The minimum atomic E-state index is -2.77. The number of halogens is 3. The van der Waals surface area contributed by atoms with Crippen molar-refractivity contribution in [2.24, 2.45) is 0 Å². The molecule has 2 heterocycles. The largest absolute Gasteiger partial charge is 0.320 e. The normalized spacial score (nSPS) is 10.2. The maximum atomic E-state index is 13.1. The first-order valence-electron chi connectivity index (χ1n) is 5.82. The van der Waals surface area contributed by atoms with Gasteiger partial charge in [-0.25, -0.2) is 9.37 Å². The van der Waals surface area contributed by atoms with Gasteiger partial charge in [0.15, 0.2) is 0 Å². The predicted molar refractivity (Wildman–Crippen MR) is 72.5 cm³/mol. The molecule has 0 aliphatic heterocycles. The molecule has 2 nitrogen and oxygen atoms in total. The molecular formula is C14H15F3N2. The molecule has 2 aromatic heterocycles. The Labute approximate surface area is 109 Å². The summed E-state index contributed by atoms with van der Waals surface area (Å²) >= 11 is 0. The zero-order chi connectivity index (χ0) is 14.6. The van der Waals surface area contributed by atoms with Gasteiger partial charge in [0.25, 0.3) is 0 Å². The molecule has 0 fully saturated rings. The molecule has 0 aromatic carbocycles. The first-order valence-corrected chi connectivity index (χ1v) is 5.82. The van der Waals surface area contributed by atoms with Crippen molar-refractivity contribution in [1.82, 2.24) is 9.55 Å². The molecule has 19 heavy (non-hydrogen) atoms. The fourth-order valence-corrected chi connectivity index (χ4v) is 1.82. The fraction of sp³-hybridized carbons (Fsp3) is 0.214. The van der Waals surface area contributed by atoms with Crippen LogP contribution in [-0.4, -0.2) is 9.55 Å². The molecule has 0 spiro atoms. The van der Waals surface area contributed by atoms with Gasteiger partial charge in [0.1, 0.15) is 11.5 Å². The van der Waals surface area contributed by atoms with Crippen LogP contribution < -0.4 is 0 Å². The summed E-state index contributed by atoms with van der Waals surface area (Å²) in [5.41, 5.74) is 0.608. The number of pyridine rings is 1. The summed E-state index contributed by atoms with van der Waals surface area (Å²) in [7, 11) is 0. The van der Waals surface area contributed by atoms with E-state index < -0.39 is 12.4 Å². The van der Waals surface area contributed by atoms with Gasteiger partial charge < -0.3 is 0 Å². The van der Waals surface area contributed by atoms with E-state index in [2.05, 4.69) is 18.1 Å². The molecule has 0 N–H and O–H groups in total. The first-order chi connectivity index (χ1) is 9.10. The van der Waals surface area contributed by atoms with Crippen molar-refractivity contribution in [3.63, 3.8) is 0 Å². The van der Waals surface area contributed by atoms with E-state index in [4.69, 9.17) is 0 Å². The standard InChI is InChI=1S/C12H9F3N2.C2H6/c1-3-8-9-5-7(13)6-16-11(9)17(12(14)15)10(8)4-2;1-2/h3-6,12H,1-2H2;1-2H3. The number of nitrogens with zero attached hydrogens (tertiary/aromatic N) is 2. The quantitative estimate of drug-likeness (QED) is 0.775. The smallest absolute Gasteiger partial charge is 0.268 e. The average Bonchev–Trinajstić information content (AvgIpc) is 2.73. The molecule has 0 atom stereocenters. The van der Waals surface area contributed by atoms with Crippen LogP contribution in [0.4, 0.5) is 13.2 Å². The van der Waals surface area contributed by atoms with Crippen LogP contribution in [0.1, 0.15) is 31.7 Å². The minimum absolute atomic E-state index is 0.0196. The second-order valence-electron chi connectivity index (χ2n) is 3.38. The molecule has 0 saturated carbocycles. The minimum Gasteiger partial charge on any atom is -0.268 e. The van der Waals surface area contributed by atoms with Crippen molar-refractivity contribution in [3.05, 3.63) is 42.5 Å². The third-order valence-corrected chi connectivity index (χ3v) is 2.48. The SMILES string of the molecule is C=Cc1c(C=C)n(C(F)F)c2ncc(F)cc12.CC. The topological polar surface area (TPSA) is 17.8 Å². The highest BCUT2D eigenvalue weighted by atomic mass is 19.3. The predicted octanol–water partition coefficient (Wildman–Crippen LogP) is 4.88. The number of fused-ring (bicyclic) bond motifs is 1. The molecule has 2 rings (SSSR count). The number of aromatic nitrogens is 2. The summed E-state index contributed by atoms with van der Waals surface area (Å²) in [6.07, 6.45) is 3.57. The lowest BCUT2D eigenvalue weighted by Crippen LogP contribution is -2.01. The van der Waals surface area contributed by atoms with Crippen molar-refractivity contribution >= 4 is 23.2 Å². The lowest BCUT2D eigenvalue weighted by atomic mass is 10.1. The Morgan fingerprint density at radius 3 is 2.37 bits per heavy atom. The van der Waals surface area contributed by atoms with Crippen LogP contribution in [0.5, 0.6) is 0 Å². The Kier molecular flexibility index (Phi) is 4.92. The van der Waals surface area contributed by atoms with E-state index in [1.807, 2.05) is 13.8 Å². The van der Waals surface area contributed by atoms with E-state index in [1.54, 1.807) is 0 Å². The lowest BCUT2D eigenvalue weighted by molar-refractivity contribution is 0.0740. The highest BCUT2D eigenvalue weighted by Gasteiger charge is 2.20. The zero-order valence-corrected chi connectivity index (χ0v) is 10.8. The van der Waals surface area contributed by atoms with E-state index in [9.17, 15) is 13.2 Å². The van der Waals surface area contributed by atoms with Gasteiger partial charge in [0.2, 0.25) is 0 Å². The van der Waals surface area contributed by atoms with Gasteiger partial charge in [0, 0.05) is 10.9 Å².